The predicted molar refractivity (Wildman–Crippen MR) is 114 cm³/mol. The zero-order valence-electron chi connectivity index (χ0n) is 17.8. The topological polar surface area (TPSA) is 86.7 Å². The molecule has 12 heteroatoms. The molecule has 0 saturated carbocycles. The van der Waals surface area contributed by atoms with Crippen LogP contribution in [0.5, 0.6) is 0 Å². The predicted octanol–water partition coefficient (Wildman–Crippen LogP) is 2.24. The van der Waals surface area contributed by atoms with Crippen molar-refractivity contribution in [3.63, 3.8) is 0 Å². The molecular formula is C21H24F3N5O3S. The van der Waals surface area contributed by atoms with Gasteiger partial charge in [0.1, 0.15) is 0 Å². The van der Waals surface area contributed by atoms with Gasteiger partial charge in [-0.2, -0.15) is 17.5 Å². The summed E-state index contributed by atoms with van der Waals surface area (Å²) in [5.74, 6) is 0.301. The van der Waals surface area contributed by atoms with Gasteiger partial charge in [-0.15, -0.1) is 0 Å². The number of piperidine rings is 1. The number of carbonyl (C=O) groups is 1. The maximum absolute atomic E-state index is 13.0. The molecule has 1 aromatic carbocycles. The number of carbonyl (C=O) groups excluding carboxylic acids is 1. The van der Waals surface area contributed by atoms with Crippen LogP contribution in [0.3, 0.4) is 0 Å². The third-order valence-electron chi connectivity index (χ3n) is 6.03. The fraction of sp³-hybridized carbons (Fsp3) is 0.476. The molecule has 4 rings (SSSR count). The lowest BCUT2D eigenvalue weighted by Crippen LogP contribution is -2.52. The summed E-state index contributed by atoms with van der Waals surface area (Å²) in [4.78, 5) is 24.8. The number of hydrogen-bond acceptors (Lipinski definition) is 6. The molecule has 2 aliphatic rings. The van der Waals surface area contributed by atoms with Crippen LogP contribution in [0.4, 0.5) is 19.1 Å². The number of hydrogen-bond donors (Lipinski definition) is 0. The van der Waals surface area contributed by atoms with Crippen molar-refractivity contribution in [2.75, 3.05) is 44.2 Å². The van der Waals surface area contributed by atoms with E-state index in [1.807, 2.05) is 4.90 Å². The Kier molecular flexibility index (Phi) is 6.57. The van der Waals surface area contributed by atoms with Gasteiger partial charge in [-0.1, -0.05) is 6.07 Å². The Bertz CT molecular complexity index is 1080. The largest absolute Gasteiger partial charge is 0.416 e. The van der Waals surface area contributed by atoms with Crippen LogP contribution in [-0.2, 0) is 21.0 Å². The fourth-order valence-corrected chi connectivity index (χ4v) is 5.68. The minimum absolute atomic E-state index is 0.0141. The van der Waals surface area contributed by atoms with Crippen LogP contribution < -0.4 is 4.90 Å². The second-order valence-corrected chi connectivity index (χ2v) is 10.0. The van der Waals surface area contributed by atoms with Gasteiger partial charge in [-0.3, -0.25) is 4.79 Å². The van der Waals surface area contributed by atoms with E-state index in [9.17, 15) is 26.4 Å². The number of piperazine rings is 1. The molecule has 0 bridgehead atoms. The van der Waals surface area contributed by atoms with Crippen LogP contribution in [0, 0.1) is 5.92 Å². The quantitative estimate of drug-likeness (QED) is 0.663. The summed E-state index contributed by atoms with van der Waals surface area (Å²) in [5.41, 5.74) is -1.01. The Morgan fingerprint density at radius 2 is 1.58 bits per heavy atom. The van der Waals surface area contributed by atoms with Gasteiger partial charge < -0.3 is 9.80 Å². The summed E-state index contributed by atoms with van der Waals surface area (Å²) in [6.45, 7) is 2.45. The monoisotopic (exact) mass is 483 g/mol. The number of nitrogens with zero attached hydrogens (tertiary/aromatic N) is 5. The third kappa shape index (κ3) is 5.11. The van der Waals surface area contributed by atoms with Crippen molar-refractivity contribution in [2.45, 2.75) is 23.9 Å². The van der Waals surface area contributed by atoms with Crippen molar-refractivity contribution in [3.8, 4) is 0 Å². The Balaban J connectivity index is 1.34. The first-order valence-electron chi connectivity index (χ1n) is 10.6. The Hall–Kier alpha value is -2.73. The van der Waals surface area contributed by atoms with Crippen molar-refractivity contribution in [1.82, 2.24) is 19.2 Å². The summed E-state index contributed by atoms with van der Waals surface area (Å²) in [5, 5.41) is 0. The standard InChI is InChI=1S/C21H24F3N5O3S/c22-21(23,24)17-3-1-4-18(15-17)33(31,32)29-9-5-16(6-10-29)19(30)27-11-13-28(14-12-27)20-25-7-2-8-26-20/h1-4,7-8,15-16H,5-6,9-14H2. The van der Waals surface area contributed by atoms with Gasteiger partial charge in [0.2, 0.25) is 21.9 Å². The molecule has 2 saturated heterocycles. The van der Waals surface area contributed by atoms with E-state index in [2.05, 4.69) is 9.97 Å². The summed E-state index contributed by atoms with van der Waals surface area (Å²) in [6, 6.07) is 5.49. The summed E-state index contributed by atoms with van der Waals surface area (Å²) in [7, 11) is -4.07. The number of halogens is 3. The summed E-state index contributed by atoms with van der Waals surface area (Å²) < 4.78 is 65.8. The van der Waals surface area contributed by atoms with E-state index in [1.54, 1.807) is 23.4 Å². The highest BCUT2D eigenvalue weighted by molar-refractivity contribution is 7.89. The van der Waals surface area contributed by atoms with Crippen LogP contribution in [0.25, 0.3) is 0 Å². The second kappa shape index (κ2) is 9.26. The van der Waals surface area contributed by atoms with E-state index in [1.165, 1.54) is 0 Å². The molecule has 33 heavy (non-hydrogen) atoms. The van der Waals surface area contributed by atoms with Gasteiger partial charge >= 0.3 is 6.18 Å². The molecule has 0 aliphatic carbocycles. The molecule has 2 aromatic rings. The maximum atomic E-state index is 13.0. The molecule has 0 N–H and O–H groups in total. The lowest BCUT2D eigenvalue weighted by atomic mass is 9.96. The van der Waals surface area contributed by atoms with Gasteiger partial charge in [-0.25, -0.2) is 18.4 Å². The van der Waals surface area contributed by atoms with Gasteiger partial charge in [-0.05, 0) is 37.1 Å². The van der Waals surface area contributed by atoms with Gasteiger partial charge in [0.25, 0.3) is 0 Å². The molecule has 0 atom stereocenters. The van der Waals surface area contributed by atoms with E-state index < -0.39 is 21.8 Å². The number of aromatic nitrogens is 2. The van der Waals surface area contributed by atoms with E-state index >= 15 is 0 Å². The highest BCUT2D eigenvalue weighted by Crippen LogP contribution is 2.32. The molecular weight excluding hydrogens is 459 g/mol. The fourth-order valence-electron chi connectivity index (χ4n) is 4.16. The Morgan fingerprint density at radius 1 is 0.939 bits per heavy atom. The molecule has 1 aromatic heterocycles. The van der Waals surface area contributed by atoms with Crippen molar-refractivity contribution in [1.29, 1.82) is 0 Å². The number of rotatable bonds is 4. The molecule has 2 fully saturated rings. The number of benzene rings is 1. The minimum Gasteiger partial charge on any atom is -0.339 e. The normalized spacial score (nSPS) is 19.0. The zero-order chi connectivity index (χ0) is 23.6. The van der Waals surface area contributed by atoms with Gasteiger partial charge in [0.15, 0.2) is 0 Å². The summed E-state index contributed by atoms with van der Waals surface area (Å²) in [6.07, 6.45) is -0.623. The first kappa shape index (κ1) is 23.4. The molecule has 0 radical (unpaired) electrons. The molecule has 2 aliphatic heterocycles. The van der Waals surface area contributed by atoms with Crippen LogP contribution in [0.2, 0.25) is 0 Å². The average Bonchev–Trinajstić information content (AvgIpc) is 2.84. The van der Waals surface area contributed by atoms with Gasteiger partial charge in [0, 0.05) is 57.6 Å². The minimum atomic E-state index is -4.62. The van der Waals surface area contributed by atoms with E-state index in [0.29, 0.717) is 51.0 Å². The molecule has 178 valence electrons. The van der Waals surface area contributed by atoms with E-state index in [0.717, 1.165) is 22.5 Å². The Morgan fingerprint density at radius 3 is 2.18 bits per heavy atom. The SMILES string of the molecule is O=C(C1CCN(S(=O)(=O)c2cccc(C(F)(F)F)c2)CC1)N1CCN(c2ncccn2)CC1. The van der Waals surface area contributed by atoms with Crippen LogP contribution in [0.1, 0.15) is 18.4 Å². The highest BCUT2D eigenvalue weighted by Gasteiger charge is 2.36. The molecule has 0 spiro atoms. The van der Waals surface area contributed by atoms with Crippen molar-refractivity contribution in [3.05, 3.63) is 48.3 Å². The Labute approximate surface area is 190 Å². The van der Waals surface area contributed by atoms with Gasteiger partial charge in [0.05, 0.1) is 10.5 Å². The van der Waals surface area contributed by atoms with Crippen LogP contribution >= 0.6 is 0 Å². The first-order chi connectivity index (χ1) is 15.7. The van der Waals surface area contributed by atoms with Crippen LogP contribution in [-0.4, -0.2) is 72.8 Å². The lowest BCUT2D eigenvalue weighted by molar-refractivity contribution is -0.138. The van der Waals surface area contributed by atoms with E-state index in [4.69, 9.17) is 0 Å². The summed E-state index contributed by atoms with van der Waals surface area (Å²) >= 11 is 0. The maximum Gasteiger partial charge on any atom is 0.416 e. The molecule has 1 amide bonds. The van der Waals surface area contributed by atoms with Crippen LogP contribution in [0.15, 0.2) is 47.6 Å². The molecule has 0 unspecified atom stereocenters. The highest BCUT2D eigenvalue weighted by atomic mass is 32.2. The zero-order valence-corrected chi connectivity index (χ0v) is 18.6. The van der Waals surface area contributed by atoms with E-state index in [-0.39, 0.29) is 29.8 Å². The molecule has 8 nitrogen and oxygen atoms in total. The molecule has 3 heterocycles. The van der Waals surface area contributed by atoms with Crippen molar-refractivity contribution < 1.29 is 26.4 Å². The number of sulfonamides is 1. The van der Waals surface area contributed by atoms with Crippen molar-refractivity contribution >= 4 is 21.9 Å². The van der Waals surface area contributed by atoms with Crippen molar-refractivity contribution in [2.24, 2.45) is 5.92 Å². The third-order valence-corrected chi connectivity index (χ3v) is 7.92. The number of alkyl halides is 3. The second-order valence-electron chi connectivity index (χ2n) is 8.07. The average molecular weight is 484 g/mol. The number of amides is 1. The number of anilines is 1. The smallest absolute Gasteiger partial charge is 0.339 e. The lowest BCUT2D eigenvalue weighted by Gasteiger charge is -2.38. The first-order valence-corrected chi connectivity index (χ1v) is 12.1.